The van der Waals surface area contributed by atoms with Crippen molar-refractivity contribution in [1.29, 1.82) is 0 Å². The summed E-state index contributed by atoms with van der Waals surface area (Å²) < 4.78 is 0. The number of nitrogens with one attached hydrogen (secondary N) is 1. The van der Waals surface area contributed by atoms with Gasteiger partial charge in [-0.05, 0) is 30.7 Å². The Balaban J connectivity index is 0.00000182. The van der Waals surface area contributed by atoms with Crippen molar-refractivity contribution in [3.05, 3.63) is 59.1 Å². The lowest BCUT2D eigenvalue weighted by Gasteiger charge is -2.31. The number of aromatic nitrogens is 1. The number of aryl methyl sites for hydroxylation is 1. The summed E-state index contributed by atoms with van der Waals surface area (Å²) in [5.74, 6) is 0. The average molecular weight is 374 g/mol. The third-order valence-electron chi connectivity index (χ3n) is 4.52. The van der Waals surface area contributed by atoms with Gasteiger partial charge in [0.2, 0.25) is 0 Å². The van der Waals surface area contributed by atoms with Gasteiger partial charge in [0.05, 0.1) is 16.2 Å². The van der Waals surface area contributed by atoms with Gasteiger partial charge in [0.1, 0.15) is 0 Å². The molecule has 1 fully saturated rings. The van der Waals surface area contributed by atoms with Gasteiger partial charge in [-0.2, -0.15) is 0 Å². The molecule has 0 spiro atoms. The highest BCUT2D eigenvalue weighted by Crippen LogP contribution is 2.35. The van der Waals surface area contributed by atoms with Crippen LogP contribution >= 0.6 is 24.0 Å². The van der Waals surface area contributed by atoms with Crippen molar-refractivity contribution in [1.82, 2.24) is 10.3 Å². The van der Waals surface area contributed by atoms with Crippen LogP contribution in [-0.2, 0) is 0 Å². The minimum absolute atomic E-state index is 0. The van der Waals surface area contributed by atoms with E-state index in [2.05, 4.69) is 41.4 Å². The molecule has 1 aromatic heterocycles. The summed E-state index contributed by atoms with van der Waals surface area (Å²) in [6.07, 6.45) is 0. The van der Waals surface area contributed by atoms with Crippen molar-refractivity contribution in [3.63, 3.8) is 0 Å². The first-order valence-electron chi connectivity index (χ1n) is 8.34. The number of fused-ring (bicyclic) bond motifs is 1. The molecule has 25 heavy (non-hydrogen) atoms. The van der Waals surface area contributed by atoms with Gasteiger partial charge < -0.3 is 10.2 Å². The van der Waals surface area contributed by atoms with E-state index in [1.54, 1.807) is 0 Å². The van der Waals surface area contributed by atoms with E-state index in [4.69, 9.17) is 16.6 Å². The molecule has 0 aliphatic carbocycles. The first kappa shape index (κ1) is 18.0. The van der Waals surface area contributed by atoms with Crippen molar-refractivity contribution in [2.45, 2.75) is 6.92 Å². The molecular formula is C20H21Cl2N3. The molecule has 0 atom stereocenters. The van der Waals surface area contributed by atoms with Crippen LogP contribution in [0.3, 0.4) is 0 Å². The zero-order valence-corrected chi connectivity index (χ0v) is 15.7. The lowest BCUT2D eigenvalue weighted by molar-refractivity contribution is 0.590. The van der Waals surface area contributed by atoms with E-state index >= 15 is 0 Å². The predicted molar refractivity (Wildman–Crippen MR) is 109 cm³/mol. The number of hydrogen-bond acceptors (Lipinski definition) is 3. The SMILES string of the molecule is Cc1cc(Cl)c2nc(-c3ccccc3)cc(N3CCNCC3)c2c1.Cl. The maximum atomic E-state index is 6.54. The van der Waals surface area contributed by atoms with Gasteiger partial charge >= 0.3 is 0 Å². The van der Waals surface area contributed by atoms with Gasteiger partial charge in [0, 0.05) is 42.8 Å². The Morgan fingerprint density at radius 3 is 2.48 bits per heavy atom. The smallest absolute Gasteiger partial charge is 0.0916 e. The summed E-state index contributed by atoms with van der Waals surface area (Å²) in [5, 5.41) is 5.28. The van der Waals surface area contributed by atoms with E-state index in [1.165, 1.54) is 5.69 Å². The molecule has 1 aliphatic rings. The monoisotopic (exact) mass is 373 g/mol. The lowest BCUT2D eigenvalue weighted by atomic mass is 10.0. The molecule has 2 heterocycles. The molecule has 1 N–H and O–H groups in total. The van der Waals surface area contributed by atoms with E-state index < -0.39 is 0 Å². The quantitative estimate of drug-likeness (QED) is 0.705. The molecule has 0 amide bonds. The molecule has 3 aromatic rings. The normalized spacial score (nSPS) is 14.4. The maximum Gasteiger partial charge on any atom is 0.0916 e. The Morgan fingerprint density at radius 1 is 1.04 bits per heavy atom. The van der Waals surface area contributed by atoms with E-state index in [-0.39, 0.29) is 12.4 Å². The summed E-state index contributed by atoms with van der Waals surface area (Å²) in [6, 6.07) is 16.7. The highest BCUT2D eigenvalue weighted by Gasteiger charge is 2.17. The zero-order chi connectivity index (χ0) is 16.5. The summed E-state index contributed by atoms with van der Waals surface area (Å²) in [7, 11) is 0. The number of piperazine rings is 1. The van der Waals surface area contributed by atoms with Crippen LogP contribution in [0, 0.1) is 6.92 Å². The maximum absolute atomic E-state index is 6.54. The van der Waals surface area contributed by atoms with Crippen molar-refractivity contribution in [3.8, 4) is 11.3 Å². The van der Waals surface area contributed by atoms with E-state index in [1.807, 2.05) is 24.3 Å². The molecule has 0 unspecified atom stereocenters. The van der Waals surface area contributed by atoms with Crippen LogP contribution in [0.5, 0.6) is 0 Å². The number of pyridine rings is 1. The van der Waals surface area contributed by atoms with Crippen LogP contribution in [0.2, 0.25) is 5.02 Å². The minimum Gasteiger partial charge on any atom is -0.368 e. The third kappa shape index (κ3) is 3.59. The molecule has 130 valence electrons. The Labute approximate surface area is 159 Å². The second kappa shape index (κ2) is 7.61. The van der Waals surface area contributed by atoms with Gasteiger partial charge in [-0.15, -0.1) is 12.4 Å². The zero-order valence-electron chi connectivity index (χ0n) is 14.1. The van der Waals surface area contributed by atoms with E-state index in [0.717, 1.165) is 58.9 Å². The predicted octanol–water partition coefficient (Wildman–Crippen LogP) is 4.70. The fourth-order valence-corrected chi connectivity index (χ4v) is 3.64. The highest BCUT2D eigenvalue weighted by molar-refractivity contribution is 6.35. The molecule has 1 saturated heterocycles. The minimum atomic E-state index is 0. The van der Waals surface area contributed by atoms with Gasteiger partial charge in [-0.3, -0.25) is 0 Å². The van der Waals surface area contributed by atoms with Crippen molar-refractivity contribution >= 4 is 40.6 Å². The molecule has 0 bridgehead atoms. The molecular weight excluding hydrogens is 353 g/mol. The average Bonchev–Trinajstić information content (AvgIpc) is 2.62. The summed E-state index contributed by atoms with van der Waals surface area (Å²) in [5.41, 5.74) is 5.37. The van der Waals surface area contributed by atoms with Crippen LogP contribution in [-0.4, -0.2) is 31.2 Å². The number of halogens is 2. The van der Waals surface area contributed by atoms with Crippen molar-refractivity contribution in [2.75, 3.05) is 31.1 Å². The molecule has 1 aliphatic heterocycles. The van der Waals surface area contributed by atoms with Gasteiger partial charge in [-0.1, -0.05) is 41.9 Å². The molecule has 0 radical (unpaired) electrons. The molecule has 0 saturated carbocycles. The van der Waals surface area contributed by atoms with Crippen LogP contribution in [0.4, 0.5) is 5.69 Å². The Kier molecular flexibility index (Phi) is 5.48. The summed E-state index contributed by atoms with van der Waals surface area (Å²) in [6.45, 7) is 6.09. The van der Waals surface area contributed by atoms with Crippen molar-refractivity contribution in [2.24, 2.45) is 0 Å². The Morgan fingerprint density at radius 2 is 1.76 bits per heavy atom. The molecule has 2 aromatic carbocycles. The molecule has 5 heteroatoms. The van der Waals surface area contributed by atoms with Crippen LogP contribution in [0.25, 0.3) is 22.2 Å². The third-order valence-corrected chi connectivity index (χ3v) is 4.80. The topological polar surface area (TPSA) is 28.2 Å². The van der Waals surface area contributed by atoms with Crippen molar-refractivity contribution < 1.29 is 0 Å². The number of anilines is 1. The number of benzene rings is 2. The van der Waals surface area contributed by atoms with E-state index in [9.17, 15) is 0 Å². The van der Waals surface area contributed by atoms with Gasteiger partial charge in [0.25, 0.3) is 0 Å². The largest absolute Gasteiger partial charge is 0.368 e. The van der Waals surface area contributed by atoms with Gasteiger partial charge in [-0.25, -0.2) is 4.98 Å². The summed E-state index contributed by atoms with van der Waals surface area (Å²) in [4.78, 5) is 7.30. The number of hydrogen-bond donors (Lipinski definition) is 1. The van der Waals surface area contributed by atoms with Crippen LogP contribution in [0.15, 0.2) is 48.5 Å². The number of rotatable bonds is 2. The molecule has 3 nitrogen and oxygen atoms in total. The lowest BCUT2D eigenvalue weighted by Crippen LogP contribution is -2.43. The Bertz CT molecular complexity index is 875. The summed E-state index contributed by atoms with van der Waals surface area (Å²) >= 11 is 6.54. The second-order valence-corrected chi connectivity index (χ2v) is 6.68. The molecule has 4 rings (SSSR count). The second-order valence-electron chi connectivity index (χ2n) is 6.27. The van der Waals surface area contributed by atoms with Crippen LogP contribution in [0.1, 0.15) is 5.56 Å². The standard InChI is InChI=1S/C20H20ClN3.ClH/c1-14-11-16-19(24-9-7-22-8-10-24)13-18(15-5-3-2-4-6-15)23-20(16)17(21)12-14;/h2-6,11-13,22H,7-10H2,1H3;1H. The fraction of sp³-hybridized carbons (Fsp3) is 0.250. The van der Waals surface area contributed by atoms with Gasteiger partial charge in [0.15, 0.2) is 0 Å². The first-order chi connectivity index (χ1) is 11.7. The first-order valence-corrected chi connectivity index (χ1v) is 8.72. The van der Waals surface area contributed by atoms with E-state index in [0.29, 0.717) is 0 Å². The van der Waals surface area contributed by atoms with Crippen LogP contribution < -0.4 is 10.2 Å². The fourth-order valence-electron chi connectivity index (χ4n) is 3.33. The Hall–Kier alpha value is -1.81. The number of nitrogens with zero attached hydrogens (tertiary/aromatic N) is 2. The highest BCUT2D eigenvalue weighted by atomic mass is 35.5.